The molecule has 0 bridgehead atoms. The van der Waals surface area contributed by atoms with Crippen molar-refractivity contribution < 1.29 is 26.7 Å². The van der Waals surface area contributed by atoms with E-state index in [0.29, 0.717) is 5.56 Å². The second kappa shape index (κ2) is 5.59. The number of rotatable bonds is 3. The van der Waals surface area contributed by atoms with Crippen molar-refractivity contribution in [2.75, 3.05) is 5.73 Å². The molecular weight excluding hydrogens is 293 g/mol. The highest BCUT2D eigenvalue weighted by Crippen LogP contribution is 2.29. The summed E-state index contributed by atoms with van der Waals surface area (Å²) < 4.78 is 68.8. The molecule has 21 heavy (non-hydrogen) atoms. The minimum absolute atomic E-state index is 0.196. The summed E-state index contributed by atoms with van der Waals surface area (Å²) in [4.78, 5) is 0. The summed E-state index contributed by atoms with van der Waals surface area (Å²) in [5.74, 6) is -2.04. The van der Waals surface area contributed by atoms with Gasteiger partial charge in [-0.3, -0.25) is 0 Å². The minimum Gasteiger partial charge on any atom is -0.486 e. The number of hydrogen-bond acceptors (Lipinski definition) is 2. The van der Waals surface area contributed by atoms with Gasteiger partial charge in [-0.25, -0.2) is 8.78 Å². The smallest absolute Gasteiger partial charge is 0.416 e. The van der Waals surface area contributed by atoms with E-state index in [1.165, 1.54) is 12.1 Å². The predicted molar refractivity (Wildman–Crippen MR) is 66.5 cm³/mol. The summed E-state index contributed by atoms with van der Waals surface area (Å²) in [5, 5.41) is 0. The lowest BCUT2D eigenvalue weighted by Crippen LogP contribution is -2.05. The molecule has 0 fully saturated rings. The van der Waals surface area contributed by atoms with E-state index in [2.05, 4.69) is 0 Å². The Morgan fingerprint density at radius 1 is 0.952 bits per heavy atom. The summed E-state index contributed by atoms with van der Waals surface area (Å²) in [6.45, 7) is -0.196. The number of anilines is 1. The Kier molecular flexibility index (Phi) is 4.02. The van der Waals surface area contributed by atoms with Crippen LogP contribution >= 0.6 is 0 Å². The molecule has 0 aliphatic heterocycles. The van der Waals surface area contributed by atoms with Gasteiger partial charge in [-0.05, 0) is 17.7 Å². The Labute approximate surface area is 116 Å². The number of nitrogen functional groups attached to an aromatic ring is 1. The topological polar surface area (TPSA) is 35.2 Å². The summed E-state index contributed by atoms with van der Waals surface area (Å²) in [7, 11) is 0. The van der Waals surface area contributed by atoms with Gasteiger partial charge < -0.3 is 10.5 Å². The van der Waals surface area contributed by atoms with Gasteiger partial charge in [0.1, 0.15) is 12.4 Å². The molecule has 0 heterocycles. The first-order chi connectivity index (χ1) is 9.77. The van der Waals surface area contributed by atoms with Crippen molar-refractivity contribution in [1.29, 1.82) is 0 Å². The maximum Gasteiger partial charge on any atom is 0.416 e. The van der Waals surface area contributed by atoms with Gasteiger partial charge in [-0.15, -0.1) is 0 Å². The van der Waals surface area contributed by atoms with Crippen molar-refractivity contribution in [3.63, 3.8) is 0 Å². The van der Waals surface area contributed by atoms with Crippen molar-refractivity contribution >= 4 is 5.69 Å². The van der Waals surface area contributed by atoms with Gasteiger partial charge in [0.15, 0.2) is 11.6 Å². The van der Waals surface area contributed by atoms with Crippen LogP contribution in [0.4, 0.5) is 27.6 Å². The molecule has 0 spiro atoms. The maximum absolute atomic E-state index is 13.4. The third-order valence-electron chi connectivity index (χ3n) is 2.73. The molecule has 0 atom stereocenters. The van der Waals surface area contributed by atoms with Crippen molar-refractivity contribution in [1.82, 2.24) is 0 Å². The Balaban J connectivity index is 2.08. The zero-order chi connectivity index (χ0) is 15.6. The van der Waals surface area contributed by atoms with Crippen molar-refractivity contribution in [3.8, 4) is 5.75 Å². The third kappa shape index (κ3) is 3.62. The standard InChI is InChI=1S/C14H10F5NO/c15-10-6-13(11(16)5-12(10)20)21-7-8-1-3-9(4-2-8)14(17,18)19/h1-6H,7,20H2. The molecule has 0 aromatic heterocycles. The molecule has 0 unspecified atom stereocenters. The van der Waals surface area contributed by atoms with E-state index in [4.69, 9.17) is 10.5 Å². The summed E-state index contributed by atoms with van der Waals surface area (Å²) in [6.07, 6.45) is -4.43. The SMILES string of the molecule is Nc1cc(F)c(OCc2ccc(C(F)(F)F)cc2)cc1F. The molecule has 0 saturated heterocycles. The van der Waals surface area contributed by atoms with Crippen LogP contribution in [0.1, 0.15) is 11.1 Å². The van der Waals surface area contributed by atoms with Crippen LogP contribution < -0.4 is 10.5 Å². The normalized spacial score (nSPS) is 11.5. The zero-order valence-corrected chi connectivity index (χ0v) is 10.5. The molecule has 0 aliphatic rings. The van der Waals surface area contributed by atoms with Crippen LogP contribution in [0.2, 0.25) is 0 Å². The van der Waals surface area contributed by atoms with Gasteiger partial charge in [0.25, 0.3) is 0 Å². The number of hydrogen-bond donors (Lipinski definition) is 1. The van der Waals surface area contributed by atoms with Crippen molar-refractivity contribution in [3.05, 3.63) is 59.2 Å². The third-order valence-corrected chi connectivity index (χ3v) is 2.73. The molecule has 112 valence electrons. The number of benzene rings is 2. The molecule has 0 amide bonds. The van der Waals surface area contributed by atoms with Gasteiger partial charge in [-0.2, -0.15) is 13.2 Å². The lowest BCUT2D eigenvalue weighted by molar-refractivity contribution is -0.137. The second-order valence-corrected chi connectivity index (χ2v) is 4.29. The van der Waals surface area contributed by atoms with Gasteiger partial charge >= 0.3 is 6.18 Å². The van der Waals surface area contributed by atoms with Gasteiger partial charge in [0.2, 0.25) is 0 Å². The monoisotopic (exact) mass is 303 g/mol. The van der Waals surface area contributed by atoms with E-state index in [0.717, 1.165) is 24.3 Å². The van der Waals surface area contributed by atoms with Gasteiger partial charge in [-0.1, -0.05) is 12.1 Å². The van der Waals surface area contributed by atoms with Crippen LogP contribution in [0.15, 0.2) is 36.4 Å². The molecule has 2 rings (SSSR count). The first-order valence-corrected chi connectivity index (χ1v) is 5.81. The van der Waals surface area contributed by atoms with Crippen LogP contribution in [0, 0.1) is 11.6 Å². The van der Waals surface area contributed by atoms with Crippen molar-refractivity contribution in [2.24, 2.45) is 0 Å². The average Bonchev–Trinajstić information content (AvgIpc) is 2.41. The molecular formula is C14H10F5NO. The summed E-state index contributed by atoms with van der Waals surface area (Å²) >= 11 is 0. The van der Waals surface area contributed by atoms with E-state index < -0.39 is 23.4 Å². The number of nitrogens with two attached hydrogens (primary N) is 1. The highest BCUT2D eigenvalue weighted by molar-refractivity contribution is 5.44. The largest absolute Gasteiger partial charge is 0.486 e. The maximum atomic E-state index is 13.4. The van der Waals surface area contributed by atoms with E-state index in [1.54, 1.807) is 0 Å². The molecule has 7 heteroatoms. The Morgan fingerprint density at radius 3 is 2.14 bits per heavy atom. The first kappa shape index (κ1) is 15.1. The fourth-order valence-corrected chi connectivity index (χ4v) is 1.61. The molecule has 0 aliphatic carbocycles. The fraction of sp³-hybridized carbons (Fsp3) is 0.143. The lowest BCUT2D eigenvalue weighted by Gasteiger charge is -2.10. The van der Waals surface area contributed by atoms with Crippen molar-refractivity contribution in [2.45, 2.75) is 12.8 Å². The average molecular weight is 303 g/mol. The van der Waals surface area contributed by atoms with Gasteiger partial charge in [0.05, 0.1) is 11.3 Å². The van der Waals surface area contributed by atoms with E-state index in [9.17, 15) is 22.0 Å². The van der Waals surface area contributed by atoms with Gasteiger partial charge in [0, 0.05) is 12.1 Å². The van der Waals surface area contributed by atoms with Crippen LogP contribution in [-0.4, -0.2) is 0 Å². The van der Waals surface area contributed by atoms with Crippen LogP contribution in [0.3, 0.4) is 0 Å². The highest BCUT2D eigenvalue weighted by Gasteiger charge is 2.29. The Bertz CT molecular complexity index is 637. The Morgan fingerprint density at radius 2 is 1.57 bits per heavy atom. The van der Waals surface area contributed by atoms with E-state index in [1.807, 2.05) is 0 Å². The lowest BCUT2D eigenvalue weighted by atomic mass is 10.1. The van der Waals surface area contributed by atoms with Crippen LogP contribution in [-0.2, 0) is 12.8 Å². The van der Waals surface area contributed by atoms with Crippen LogP contribution in [0.25, 0.3) is 0 Å². The quantitative estimate of drug-likeness (QED) is 0.683. The number of alkyl halides is 3. The molecule has 0 saturated carbocycles. The minimum atomic E-state index is -4.43. The molecule has 0 radical (unpaired) electrons. The first-order valence-electron chi connectivity index (χ1n) is 5.81. The summed E-state index contributed by atoms with van der Waals surface area (Å²) in [6, 6.07) is 5.74. The molecule has 2 aromatic carbocycles. The second-order valence-electron chi connectivity index (χ2n) is 4.29. The highest BCUT2D eigenvalue weighted by atomic mass is 19.4. The van der Waals surface area contributed by atoms with E-state index >= 15 is 0 Å². The van der Waals surface area contributed by atoms with Crippen LogP contribution in [0.5, 0.6) is 5.75 Å². The number of halogens is 5. The molecule has 2 aromatic rings. The predicted octanol–water partition coefficient (Wildman–Crippen LogP) is 4.14. The molecule has 2 N–H and O–H groups in total. The Hall–Kier alpha value is -2.31. The number of ether oxygens (including phenoxy) is 1. The zero-order valence-electron chi connectivity index (χ0n) is 10.5. The molecule has 2 nitrogen and oxygen atoms in total. The van der Waals surface area contributed by atoms with E-state index in [-0.39, 0.29) is 18.0 Å². The fourth-order valence-electron chi connectivity index (χ4n) is 1.61. The summed E-state index contributed by atoms with van der Waals surface area (Å²) in [5.41, 5.74) is 4.42.